The molecule has 12 heterocycles. The maximum absolute atomic E-state index is 14.7. The molecule has 4 N–H and O–H groups in total. The predicted octanol–water partition coefficient (Wildman–Crippen LogP) is 12.4. The lowest BCUT2D eigenvalue weighted by molar-refractivity contribution is 0.101. The molecular formula is C69H49Cl2F4N19O3. The summed E-state index contributed by atoms with van der Waals surface area (Å²) in [7, 11) is 0. The van der Waals surface area contributed by atoms with Crippen molar-refractivity contribution >= 4 is 107 Å². The SMILES string of the molecule is OC(c1cc2cccnc2cc1F)c1cnc2ccc(Cl)nn12.[2H]C(c1cc2cccnc2cc1F)c1cnc2ccc(/C(C)=N/NC(N)=O)nn12.[2H]C(c1cc2cccnc2cc1F)c1cnc2ccc(C(C)=O)nn12.[2H]C(c1cc2cccnc2cc1F)c1cnc2ccc(Cl)nn12. The van der Waals surface area contributed by atoms with Gasteiger partial charge in [0.2, 0.25) is 0 Å². The molecule has 97 heavy (non-hydrogen) atoms. The molecule has 0 radical (unpaired) electrons. The van der Waals surface area contributed by atoms with Crippen LogP contribution in [0, 0.1) is 23.3 Å². The molecule has 22 nitrogen and oxygen atoms in total. The fourth-order valence-corrected chi connectivity index (χ4v) is 10.5. The van der Waals surface area contributed by atoms with E-state index in [1.54, 1.807) is 129 Å². The number of rotatable bonds is 11. The third kappa shape index (κ3) is 13.9. The molecule has 4 unspecified atom stereocenters. The highest BCUT2D eigenvalue weighted by Gasteiger charge is 2.22. The number of hydrazone groups is 1. The number of benzene rings is 4. The van der Waals surface area contributed by atoms with Crippen molar-refractivity contribution in [3.05, 3.63) is 285 Å². The smallest absolute Gasteiger partial charge is 0.332 e. The van der Waals surface area contributed by atoms with Crippen LogP contribution in [-0.2, 0) is 19.2 Å². The van der Waals surface area contributed by atoms with Gasteiger partial charge in [-0.05, 0) is 121 Å². The van der Waals surface area contributed by atoms with Crippen molar-refractivity contribution in [1.29, 1.82) is 0 Å². The number of hydrogen-bond donors (Lipinski definition) is 3. The number of amides is 2. The molecule has 0 aliphatic rings. The number of aliphatic hydroxyl groups is 1. The molecule has 0 aliphatic heterocycles. The van der Waals surface area contributed by atoms with Gasteiger partial charge in [0, 0.05) is 106 Å². The molecule has 480 valence electrons. The van der Waals surface area contributed by atoms with Gasteiger partial charge in [0.25, 0.3) is 0 Å². The molecule has 0 aliphatic carbocycles. The minimum absolute atomic E-state index is 0.133. The van der Waals surface area contributed by atoms with Gasteiger partial charge in [-0.3, -0.25) is 24.7 Å². The molecule has 28 heteroatoms. The van der Waals surface area contributed by atoms with Crippen molar-refractivity contribution < 1.29 is 36.4 Å². The number of urea groups is 1. The summed E-state index contributed by atoms with van der Waals surface area (Å²) in [6.07, 6.45) is 8.04. The molecule has 4 aromatic carbocycles. The number of fused-ring (bicyclic) bond motifs is 8. The number of pyridine rings is 4. The van der Waals surface area contributed by atoms with Gasteiger partial charge < -0.3 is 10.8 Å². The molecule has 16 rings (SSSR count). The first-order valence-electron chi connectivity index (χ1n) is 30.9. The van der Waals surface area contributed by atoms with Gasteiger partial charge in [-0.25, -0.2) is 65.8 Å². The standard InChI is InChI=1S/C19H16FN7O.C18H13FN4O.C16H10ClFN4O.C16H10ClFN4/c1-11(24-25-19(21)28)16-4-5-18-23-10-14(27(18)26-16)8-13-7-12-3-2-6-22-17(12)9-15(13)20;1-11(24)16-4-5-18-21-10-14(23(18)22-16)8-13-7-12-3-2-6-20-17(12)9-15(13)19;17-14-3-4-15-20-8-13(22(15)21-14)16(23)10-6-9-2-1-5-19-12(9)7-11(10)18;17-15-3-4-16-20-9-12(22(16)21-15)7-11-6-10-2-1-5-19-14(10)8-13(11)18/h2-7,9-10H,8H2,1H3,(H3,21,25,28);2-7,9-10H,8H2,1H3;1-8,16,23H;1-6,8-9H,7H2/b24-11+;;;/i2*8D;;7D. The van der Waals surface area contributed by atoms with Crippen molar-refractivity contribution in [2.24, 2.45) is 10.8 Å². The summed E-state index contributed by atoms with van der Waals surface area (Å²) < 4.78 is 89.2. The van der Waals surface area contributed by atoms with Crippen LogP contribution in [0.15, 0.2) is 200 Å². The van der Waals surface area contributed by atoms with Crippen LogP contribution >= 0.6 is 23.2 Å². The van der Waals surface area contributed by atoms with E-state index in [1.165, 1.54) is 74.0 Å². The summed E-state index contributed by atoms with van der Waals surface area (Å²) in [4.78, 5) is 55.6. The van der Waals surface area contributed by atoms with Crippen molar-refractivity contribution in [1.82, 2.24) is 83.8 Å². The first kappa shape index (κ1) is 59.9. The van der Waals surface area contributed by atoms with Crippen LogP contribution in [0.3, 0.4) is 0 Å². The fraction of sp³-hybridized carbons (Fsp3) is 0.0870. The lowest BCUT2D eigenvalue weighted by Gasteiger charge is -2.12. The number of primary amides is 1. The topological polar surface area (TPSA) is 277 Å². The molecule has 2 amide bonds. The third-order valence-electron chi connectivity index (χ3n) is 14.9. The Morgan fingerprint density at radius 1 is 0.495 bits per heavy atom. The lowest BCUT2D eigenvalue weighted by atomic mass is 10.0. The molecule has 0 spiro atoms. The van der Waals surface area contributed by atoms with Crippen molar-refractivity contribution in [3.8, 4) is 0 Å². The monoisotopic (exact) mass is 1340 g/mol. The molecule has 0 fully saturated rings. The highest BCUT2D eigenvalue weighted by atomic mass is 35.5. The maximum atomic E-state index is 14.7. The summed E-state index contributed by atoms with van der Waals surface area (Å²) in [5.74, 6) is -2.24. The first-order valence-corrected chi connectivity index (χ1v) is 29.9. The normalized spacial score (nSPS) is 13.2. The molecule has 0 bridgehead atoms. The zero-order chi connectivity index (χ0) is 70.0. The van der Waals surface area contributed by atoms with Crippen LogP contribution in [0.2, 0.25) is 10.3 Å². The fourth-order valence-electron chi connectivity index (χ4n) is 10.2. The predicted molar refractivity (Wildman–Crippen MR) is 356 cm³/mol. The lowest BCUT2D eigenvalue weighted by Crippen LogP contribution is -2.25. The number of halogens is 6. The van der Waals surface area contributed by atoms with Gasteiger partial charge in [0.1, 0.15) is 51.1 Å². The average Bonchev–Trinajstić information content (AvgIpc) is 1.50. The number of imidazole rings is 4. The molecule has 16 aromatic rings. The maximum Gasteiger partial charge on any atom is 0.332 e. The summed E-state index contributed by atoms with van der Waals surface area (Å²) in [5.41, 5.74) is 14.8. The van der Waals surface area contributed by atoms with Gasteiger partial charge in [0.05, 0.1) is 75.3 Å². The van der Waals surface area contributed by atoms with Crippen LogP contribution in [0.1, 0.15) is 85.3 Å². The zero-order valence-electron chi connectivity index (χ0n) is 53.5. The number of ketones is 1. The Morgan fingerprint density at radius 2 is 0.866 bits per heavy atom. The Labute approximate surface area is 559 Å². The van der Waals surface area contributed by atoms with Gasteiger partial charge in [0.15, 0.2) is 28.4 Å². The van der Waals surface area contributed by atoms with E-state index >= 15 is 0 Å². The van der Waals surface area contributed by atoms with Gasteiger partial charge in [-0.15, -0.1) is 0 Å². The summed E-state index contributed by atoms with van der Waals surface area (Å²) >= 11 is 11.8. The summed E-state index contributed by atoms with van der Waals surface area (Å²) in [5, 5.41) is 34.9. The van der Waals surface area contributed by atoms with E-state index in [9.17, 15) is 32.3 Å². The quantitative estimate of drug-likeness (QED) is 0.0470. The van der Waals surface area contributed by atoms with Gasteiger partial charge in [-0.2, -0.15) is 25.5 Å². The Hall–Kier alpha value is -12.1. The highest BCUT2D eigenvalue weighted by Crippen LogP contribution is 2.30. The number of Topliss-reactive ketones (excluding diaryl/α,β-unsaturated/α-hetero) is 1. The second kappa shape index (κ2) is 27.4. The summed E-state index contributed by atoms with van der Waals surface area (Å²) in [6.45, 7) is 3.06. The van der Waals surface area contributed by atoms with E-state index < -0.39 is 54.6 Å². The average molecular weight is 1340 g/mol. The van der Waals surface area contributed by atoms with Crippen molar-refractivity contribution in [3.63, 3.8) is 0 Å². The van der Waals surface area contributed by atoms with E-state index in [4.69, 9.17) is 33.0 Å². The number of hydrogen-bond acceptors (Lipinski definition) is 16. The molecule has 0 saturated carbocycles. The highest BCUT2D eigenvalue weighted by molar-refractivity contribution is 6.29. The number of aliphatic hydroxyl groups excluding tert-OH is 1. The molecule has 0 saturated heterocycles. The number of nitrogens with zero attached hydrogens (tertiary/aromatic N) is 17. The summed E-state index contributed by atoms with van der Waals surface area (Å²) in [6, 6.07) is 38.5. The van der Waals surface area contributed by atoms with Crippen molar-refractivity contribution in [2.75, 3.05) is 0 Å². The Kier molecular flexibility index (Phi) is 16.9. The van der Waals surface area contributed by atoms with Crippen LogP contribution in [0.4, 0.5) is 22.4 Å². The van der Waals surface area contributed by atoms with Crippen LogP contribution in [0.25, 0.3) is 66.2 Å². The molecular weight excluding hydrogens is 1290 g/mol. The molecule has 4 atom stereocenters. The number of nitrogens with two attached hydrogens (primary N) is 1. The Bertz CT molecular complexity index is 5720. The van der Waals surface area contributed by atoms with E-state index in [0.717, 1.165) is 21.5 Å². The third-order valence-corrected chi connectivity index (χ3v) is 15.3. The van der Waals surface area contributed by atoms with E-state index in [0.29, 0.717) is 78.8 Å². The Morgan fingerprint density at radius 3 is 1.31 bits per heavy atom. The van der Waals surface area contributed by atoms with E-state index in [2.05, 4.69) is 70.8 Å². The van der Waals surface area contributed by atoms with Crippen LogP contribution < -0.4 is 11.2 Å². The number of aromatic nitrogens is 16. The second-order valence-corrected chi connectivity index (χ2v) is 22.2. The minimum atomic E-state index is -1.22. The largest absolute Gasteiger partial charge is 0.382 e. The van der Waals surface area contributed by atoms with Crippen molar-refractivity contribution in [2.45, 2.75) is 39.1 Å². The number of carbonyl (C=O) groups is 2. The minimum Gasteiger partial charge on any atom is -0.382 e. The number of nitrogens with one attached hydrogen (secondary N) is 1. The van der Waals surface area contributed by atoms with Crippen LogP contribution in [0.5, 0.6) is 0 Å². The zero-order valence-corrected chi connectivity index (χ0v) is 52.0. The van der Waals surface area contributed by atoms with E-state index in [-0.39, 0.29) is 44.0 Å². The number of carbonyl (C=O) groups excluding carboxylic acids is 2. The van der Waals surface area contributed by atoms with Crippen LogP contribution in [-0.4, -0.2) is 101 Å². The Balaban J connectivity index is 0.000000120. The first-order chi connectivity index (χ1) is 48.2. The molecule has 12 aromatic heterocycles. The van der Waals surface area contributed by atoms with E-state index in [1.807, 2.05) is 24.3 Å². The van der Waals surface area contributed by atoms with Gasteiger partial charge >= 0.3 is 6.03 Å². The van der Waals surface area contributed by atoms with Gasteiger partial charge in [-0.1, -0.05) is 47.5 Å². The second-order valence-electron chi connectivity index (χ2n) is 21.4.